The van der Waals surface area contributed by atoms with Crippen LogP contribution >= 0.6 is 0 Å². The van der Waals surface area contributed by atoms with Crippen LogP contribution in [-0.4, -0.2) is 51.5 Å². The number of likely N-dealkylation sites (N-methyl/N-ethyl adjacent to an activating group) is 2. The number of likely N-dealkylation sites (tertiary alicyclic amines) is 1. The summed E-state index contributed by atoms with van der Waals surface area (Å²) in [5, 5.41) is 2.48. The highest BCUT2D eigenvalue weighted by Crippen LogP contribution is 2.53. The Hall–Kier alpha value is -1.27. The van der Waals surface area contributed by atoms with E-state index < -0.39 is 6.09 Å². The van der Waals surface area contributed by atoms with Crippen molar-refractivity contribution in [3.63, 3.8) is 0 Å². The van der Waals surface area contributed by atoms with Gasteiger partial charge in [0.1, 0.15) is 5.75 Å². The number of quaternary nitrogens is 1. The average Bonchev–Trinajstić information content (AvgIpc) is 2.81. The average molecular weight is 370 g/mol. The third-order valence-corrected chi connectivity index (χ3v) is 5.18. The Morgan fingerprint density at radius 3 is 2.77 bits per heavy atom. The number of ether oxygens (including phenoxy) is 1. The van der Waals surface area contributed by atoms with Crippen LogP contribution in [0.25, 0.3) is 0 Å². The first-order valence-electron chi connectivity index (χ1n) is 7.39. The number of halogens is 1. The Kier molecular flexibility index (Phi) is 4.21. The van der Waals surface area contributed by atoms with Gasteiger partial charge in [-0.15, -0.1) is 0 Å². The Bertz CT molecular complexity index is 605. The van der Waals surface area contributed by atoms with Gasteiger partial charge in [-0.3, -0.25) is 0 Å². The van der Waals surface area contributed by atoms with Crippen LogP contribution < -0.4 is 31.9 Å². The van der Waals surface area contributed by atoms with Gasteiger partial charge < -0.3 is 36.4 Å². The zero-order chi connectivity index (χ0) is 15.4. The number of amides is 1. The summed E-state index contributed by atoms with van der Waals surface area (Å²) >= 11 is 0. The molecule has 1 aromatic carbocycles. The standard InChI is InChI=1S/C16H23N3O2.BrH/c1-16-8-9-19(4,5)14(16)18(3)13-7-6-11(10-12(13)16)21-15(20)17-2;/h6-7,10,14H,8-9H2,1-5H3;1H/t14?,16-;/m0./s1. The minimum Gasteiger partial charge on any atom is -1.00 e. The van der Waals surface area contributed by atoms with Crippen molar-refractivity contribution in [1.82, 2.24) is 5.32 Å². The molecule has 1 N–H and O–H groups in total. The Morgan fingerprint density at radius 1 is 1.45 bits per heavy atom. The number of hydrogen-bond donors (Lipinski definition) is 1. The van der Waals surface area contributed by atoms with Gasteiger partial charge in [0.15, 0.2) is 6.17 Å². The van der Waals surface area contributed by atoms with Crippen LogP contribution in [0.2, 0.25) is 0 Å². The third-order valence-electron chi connectivity index (χ3n) is 5.18. The molecule has 2 aliphatic heterocycles. The highest BCUT2D eigenvalue weighted by Gasteiger charge is 2.59. The van der Waals surface area contributed by atoms with Gasteiger partial charge in [-0.25, -0.2) is 4.79 Å². The Labute approximate surface area is 142 Å². The van der Waals surface area contributed by atoms with Crippen LogP contribution in [0.1, 0.15) is 18.9 Å². The number of rotatable bonds is 1. The Balaban J connectivity index is 0.00000176. The number of carbonyl (C=O) groups is 1. The van der Waals surface area contributed by atoms with Crippen LogP contribution in [0.15, 0.2) is 18.2 Å². The number of nitrogens with zero attached hydrogens (tertiary/aromatic N) is 2. The van der Waals surface area contributed by atoms with Gasteiger partial charge in [0.25, 0.3) is 0 Å². The van der Waals surface area contributed by atoms with Gasteiger partial charge in [0.2, 0.25) is 0 Å². The molecule has 1 saturated heterocycles. The van der Waals surface area contributed by atoms with Crippen molar-refractivity contribution in [2.24, 2.45) is 0 Å². The molecule has 5 nitrogen and oxygen atoms in total. The lowest BCUT2D eigenvalue weighted by atomic mass is 9.81. The van der Waals surface area contributed by atoms with Crippen molar-refractivity contribution in [1.29, 1.82) is 0 Å². The maximum absolute atomic E-state index is 11.4. The summed E-state index contributed by atoms with van der Waals surface area (Å²) in [5.74, 6) is 0.612. The first kappa shape index (κ1) is 17.1. The highest BCUT2D eigenvalue weighted by atomic mass is 79.9. The Morgan fingerprint density at radius 2 is 2.14 bits per heavy atom. The number of benzene rings is 1. The van der Waals surface area contributed by atoms with E-state index in [4.69, 9.17) is 4.74 Å². The zero-order valence-electron chi connectivity index (χ0n) is 13.8. The van der Waals surface area contributed by atoms with Crippen molar-refractivity contribution < 1.29 is 31.0 Å². The molecule has 1 fully saturated rings. The van der Waals surface area contributed by atoms with Crippen LogP contribution in [0.3, 0.4) is 0 Å². The molecule has 6 heteroatoms. The summed E-state index contributed by atoms with van der Waals surface area (Å²) < 4.78 is 6.29. The number of hydrogen-bond acceptors (Lipinski definition) is 3. The predicted octanol–water partition coefficient (Wildman–Crippen LogP) is -1.08. The smallest absolute Gasteiger partial charge is 0.412 e. The van der Waals surface area contributed by atoms with E-state index in [1.807, 2.05) is 12.1 Å². The minimum absolute atomic E-state index is 0. The molecule has 0 spiro atoms. The van der Waals surface area contributed by atoms with Crippen LogP contribution in [0.4, 0.5) is 10.5 Å². The van der Waals surface area contributed by atoms with E-state index >= 15 is 0 Å². The van der Waals surface area contributed by atoms with E-state index in [9.17, 15) is 4.79 Å². The topological polar surface area (TPSA) is 41.6 Å². The molecule has 1 unspecified atom stereocenters. The van der Waals surface area contributed by atoms with Gasteiger partial charge in [-0.05, 0) is 30.7 Å². The normalized spacial score (nSPS) is 27.7. The lowest BCUT2D eigenvalue weighted by molar-refractivity contribution is -0.903. The number of nitrogens with one attached hydrogen (secondary N) is 1. The van der Waals surface area contributed by atoms with Gasteiger partial charge in [0, 0.05) is 26.2 Å². The first-order chi connectivity index (χ1) is 9.79. The largest absolute Gasteiger partial charge is 1.00 e. The summed E-state index contributed by atoms with van der Waals surface area (Å²) in [4.78, 5) is 13.8. The molecule has 1 aromatic rings. The van der Waals surface area contributed by atoms with Crippen LogP contribution in [-0.2, 0) is 5.41 Å². The third kappa shape index (κ3) is 2.29. The summed E-state index contributed by atoms with van der Waals surface area (Å²) in [5.41, 5.74) is 2.65. The molecule has 0 aromatic heterocycles. The van der Waals surface area contributed by atoms with Crippen LogP contribution in [0, 0.1) is 0 Å². The molecule has 3 rings (SSSR count). The molecule has 22 heavy (non-hydrogen) atoms. The minimum atomic E-state index is -0.425. The molecular weight excluding hydrogens is 346 g/mol. The lowest BCUT2D eigenvalue weighted by Crippen LogP contribution is -3.00. The van der Waals surface area contributed by atoms with Gasteiger partial charge in [-0.1, -0.05) is 0 Å². The molecule has 0 saturated carbocycles. The second-order valence-corrected chi connectivity index (χ2v) is 6.97. The van der Waals surface area contributed by atoms with E-state index in [1.54, 1.807) is 7.05 Å². The molecule has 2 heterocycles. The van der Waals surface area contributed by atoms with Gasteiger partial charge >= 0.3 is 6.09 Å². The zero-order valence-corrected chi connectivity index (χ0v) is 15.4. The van der Waals surface area contributed by atoms with Crippen molar-refractivity contribution in [2.75, 3.05) is 39.6 Å². The highest BCUT2D eigenvalue weighted by molar-refractivity contribution is 5.72. The van der Waals surface area contributed by atoms with E-state index in [2.05, 4.69) is 44.3 Å². The van der Waals surface area contributed by atoms with E-state index in [-0.39, 0.29) is 22.4 Å². The van der Waals surface area contributed by atoms with Crippen LogP contribution in [0.5, 0.6) is 5.75 Å². The maximum Gasteiger partial charge on any atom is 0.412 e. The summed E-state index contributed by atoms with van der Waals surface area (Å²) in [6.45, 7) is 3.49. The summed E-state index contributed by atoms with van der Waals surface area (Å²) in [7, 11) is 8.32. The number of fused-ring (bicyclic) bond motifs is 3. The second-order valence-electron chi connectivity index (χ2n) is 6.97. The lowest BCUT2D eigenvalue weighted by Gasteiger charge is -2.38. The molecule has 0 radical (unpaired) electrons. The van der Waals surface area contributed by atoms with E-state index in [0.717, 1.165) is 17.4 Å². The van der Waals surface area contributed by atoms with Gasteiger partial charge in [0.05, 0.1) is 26.1 Å². The summed E-state index contributed by atoms with van der Waals surface area (Å²) in [6.07, 6.45) is 1.15. The monoisotopic (exact) mass is 369 g/mol. The molecule has 0 bridgehead atoms. The second kappa shape index (κ2) is 5.42. The quantitative estimate of drug-likeness (QED) is 0.640. The number of carbonyl (C=O) groups excluding carboxylic acids is 1. The SMILES string of the molecule is CNC(=O)Oc1ccc2c(c1)[C@]1(C)CC[N+](C)(C)C1N2C.[Br-]. The fraction of sp³-hybridized carbons (Fsp3) is 0.562. The van der Waals surface area contributed by atoms with Crippen molar-refractivity contribution >= 4 is 11.8 Å². The van der Waals surface area contributed by atoms with Crippen molar-refractivity contribution in [3.05, 3.63) is 23.8 Å². The molecular formula is C16H24BrN3O2. The van der Waals surface area contributed by atoms with E-state index in [0.29, 0.717) is 11.9 Å². The van der Waals surface area contributed by atoms with Crippen molar-refractivity contribution in [2.45, 2.75) is 24.9 Å². The fourth-order valence-electron chi connectivity index (χ4n) is 4.35. The molecule has 122 valence electrons. The van der Waals surface area contributed by atoms with Gasteiger partial charge in [-0.2, -0.15) is 0 Å². The molecule has 2 atom stereocenters. The fourth-order valence-corrected chi connectivity index (χ4v) is 4.35. The predicted molar refractivity (Wildman–Crippen MR) is 82.7 cm³/mol. The van der Waals surface area contributed by atoms with Crippen molar-refractivity contribution in [3.8, 4) is 5.75 Å². The maximum atomic E-state index is 11.4. The first-order valence-corrected chi connectivity index (χ1v) is 7.39. The molecule has 2 aliphatic rings. The number of anilines is 1. The van der Waals surface area contributed by atoms with E-state index in [1.165, 1.54) is 11.3 Å². The molecule has 1 amide bonds. The summed E-state index contributed by atoms with van der Waals surface area (Å²) in [6, 6.07) is 5.97. The molecule has 0 aliphatic carbocycles.